The molecule has 0 aliphatic carbocycles. The summed E-state index contributed by atoms with van der Waals surface area (Å²) in [6, 6.07) is 0.244. The first-order chi connectivity index (χ1) is 6.56. The van der Waals surface area contributed by atoms with Gasteiger partial charge < -0.3 is 16.3 Å². The Labute approximate surface area is 87.2 Å². The van der Waals surface area contributed by atoms with E-state index in [4.69, 9.17) is 10.9 Å². The number of hydrogen-bond donors (Lipinski definition) is 3. The van der Waals surface area contributed by atoms with E-state index < -0.39 is 10.8 Å². The van der Waals surface area contributed by atoms with Gasteiger partial charge in [0, 0.05) is 35.3 Å². The van der Waals surface area contributed by atoms with Gasteiger partial charge in [0.2, 0.25) is 0 Å². The van der Waals surface area contributed by atoms with Crippen LogP contribution in [0.1, 0.15) is 19.8 Å². The average Bonchev–Trinajstić information content (AvgIpc) is 2.10. The third kappa shape index (κ3) is 8.00. The van der Waals surface area contributed by atoms with Crippen LogP contribution in [0.3, 0.4) is 0 Å². The largest absolute Gasteiger partial charge is 0.409 e. The Morgan fingerprint density at radius 3 is 2.86 bits per heavy atom. The zero-order valence-corrected chi connectivity index (χ0v) is 9.51. The normalized spacial score (nSPS) is 16.6. The second kappa shape index (κ2) is 7.75. The van der Waals surface area contributed by atoms with Crippen molar-refractivity contribution in [2.75, 3.05) is 18.6 Å². The molecule has 0 spiro atoms. The van der Waals surface area contributed by atoms with Crippen molar-refractivity contribution in [3.8, 4) is 0 Å². The van der Waals surface area contributed by atoms with Crippen LogP contribution in [0, 0.1) is 0 Å². The zero-order chi connectivity index (χ0) is 11.0. The van der Waals surface area contributed by atoms with Crippen LogP contribution in [0.2, 0.25) is 0 Å². The van der Waals surface area contributed by atoms with Gasteiger partial charge in [0.05, 0.1) is 0 Å². The Morgan fingerprint density at radius 1 is 1.71 bits per heavy atom. The van der Waals surface area contributed by atoms with E-state index in [9.17, 15) is 4.21 Å². The van der Waals surface area contributed by atoms with Crippen LogP contribution in [-0.4, -0.2) is 39.8 Å². The van der Waals surface area contributed by atoms with Crippen LogP contribution < -0.4 is 11.1 Å². The van der Waals surface area contributed by atoms with Gasteiger partial charge in [0.25, 0.3) is 0 Å². The quantitative estimate of drug-likeness (QED) is 0.184. The molecule has 0 aromatic rings. The number of amidine groups is 1. The van der Waals surface area contributed by atoms with E-state index in [0.717, 1.165) is 13.0 Å². The van der Waals surface area contributed by atoms with E-state index in [1.165, 1.54) is 0 Å². The fraction of sp³-hybridized carbons (Fsp3) is 0.875. The minimum atomic E-state index is -0.762. The van der Waals surface area contributed by atoms with Gasteiger partial charge in [0.15, 0.2) is 0 Å². The smallest absolute Gasteiger partial charge is 0.139 e. The van der Waals surface area contributed by atoms with E-state index in [0.29, 0.717) is 12.2 Å². The van der Waals surface area contributed by atoms with Crippen molar-refractivity contribution in [2.24, 2.45) is 10.9 Å². The molecule has 0 heterocycles. The predicted octanol–water partition coefficient (Wildman–Crippen LogP) is -0.130. The summed E-state index contributed by atoms with van der Waals surface area (Å²) in [6.45, 7) is 2.78. The number of nitrogens with one attached hydrogen (secondary N) is 1. The maximum Gasteiger partial charge on any atom is 0.139 e. The monoisotopic (exact) mass is 221 g/mol. The third-order valence-corrected chi connectivity index (χ3v) is 2.69. The molecule has 0 saturated carbocycles. The lowest BCUT2D eigenvalue weighted by molar-refractivity contribution is 0.316. The molecule has 0 bridgehead atoms. The van der Waals surface area contributed by atoms with Gasteiger partial charge in [-0.2, -0.15) is 0 Å². The summed E-state index contributed by atoms with van der Waals surface area (Å²) in [4.78, 5) is 0. The number of rotatable bonds is 7. The van der Waals surface area contributed by atoms with Crippen molar-refractivity contribution in [1.29, 1.82) is 0 Å². The second-order valence-electron chi connectivity index (χ2n) is 3.29. The molecule has 14 heavy (non-hydrogen) atoms. The van der Waals surface area contributed by atoms with Gasteiger partial charge in [-0.25, -0.2) is 0 Å². The Hall–Kier alpha value is -0.620. The lowest BCUT2D eigenvalue weighted by Gasteiger charge is -2.11. The number of oxime groups is 1. The van der Waals surface area contributed by atoms with Gasteiger partial charge >= 0.3 is 0 Å². The van der Waals surface area contributed by atoms with E-state index in [1.54, 1.807) is 6.26 Å². The molecule has 2 unspecified atom stereocenters. The highest BCUT2D eigenvalue weighted by Gasteiger charge is 2.02. The summed E-state index contributed by atoms with van der Waals surface area (Å²) in [6.07, 6.45) is 3.08. The Kier molecular flexibility index (Phi) is 7.41. The van der Waals surface area contributed by atoms with Crippen molar-refractivity contribution >= 4 is 16.6 Å². The van der Waals surface area contributed by atoms with Crippen molar-refractivity contribution in [2.45, 2.75) is 25.8 Å². The highest BCUT2D eigenvalue weighted by Crippen LogP contribution is 1.90. The summed E-state index contributed by atoms with van der Waals surface area (Å²) >= 11 is 0. The Bertz CT molecular complexity index is 209. The van der Waals surface area contributed by atoms with Crippen LogP contribution in [0.25, 0.3) is 0 Å². The summed E-state index contributed by atoms with van der Waals surface area (Å²) in [5.74, 6) is 0.905. The van der Waals surface area contributed by atoms with Crippen molar-refractivity contribution in [3.63, 3.8) is 0 Å². The van der Waals surface area contributed by atoms with Crippen LogP contribution in [0.5, 0.6) is 0 Å². The molecule has 0 aliphatic rings. The highest BCUT2D eigenvalue weighted by atomic mass is 32.2. The average molecular weight is 221 g/mol. The lowest BCUT2D eigenvalue weighted by Crippen LogP contribution is -2.32. The van der Waals surface area contributed by atoms with Gasteiger partial charge in [-0.3, -0.25) is 4.21 Å². The first kappa shape index (κ1) is 13.4. The predicted molar refractivity (Wildman–Crippen MR) is 59.0 cm³/mol. The SMILES string of the molecule is CC(CS(C)=O)NCCCC(N)=NO. The van der Waals surface area contributed by atoms with Gasteiger partial charge in [-0.05, 0) is 19.9 Å². The van der Waals surface area contributed by atoms with Crippen LogP contribution in [0.15, 0.2) is 5.16 Å². The van der Waals surface area contributed by atoms with Gasteiger partial charge in [-0.1, -0.05) is 5.16 Å². The fourth-order valence-electron chi connectivity index (χ4n) is 1.08. The molecule has 0 radical (unpaired) electrons. The van der Waals surface area contributed by atoms with Gasteiger partial charge in [0.1, 0.15) is 5.84 Å². The molecule has 4 N–H and O–H groups in total. The minimum Gasteiger partial charge on any atom is -0.409 e. The van der Waals surface area contributed by atoms with Gasteiger partial charge in [-0.15, -0.1) is 0 Å². The van der Waals surface area contributed by atoms with Crippen molar-refractivity contribution in [3.05, 3.63) is 0 Å². The standard InChI is InChI=1S/C8H19N3O2S/c1-7(6-14(2)13)10-5-3-4-8(9)11-12/h7,10,12H,3-6H2,1-2H3,(H2,9,11). The van der Waals surface area contributed by atoms with E-state index in [1.807, 2.05) is 6.92 Å². The van der Waals surface area contributed by atoms with Crippen molar-refractivity contribution < 1.29 is 9.42 Å². The maximum absolute atomic E-state index is 10.8. The lowest BCUT2D eigenvalue weighted by atomic mass is 10.3. The van der Waals surface area contributed by atoms with E-state index in [2.05, 4.69) is 10.5 Å². The maximum atomic E-state index is 10.8. The molecule has 0 saturated heterocycles. The fourth-order valence-corrected chi connectivity index (χ4v) is 1.90. The molecule has 6 heteroatoms. The number of hydrogen-bond acceptors (Lipinski definition) is 4. The summed E-state index contributed by atoms with van der Waals surface area (Å²) < 4.78 is 10.8. The molecule has 0 amide bonds. The van der Waals surface area contributed by atoms with E-state index in [-0.39, 0.29) is 11.9 Å². The second-order valence-corrected chi connectivity index (χ2v) is 4.77. The molecule has 0 aliphatic heterocycles. The summed E-state index contributed by atoms with van der Waals surface area (Å²) in [5.41, 5.74) is 5.29. The molecule has 5 nitrogen and oxygen atoms in total. The van der Waals surface area contributed by atoms with E-state index >= 15 is 0 Å². The Morgan fingerprint density at radius 2 is 2.36 bits per heavy atom. The third-order valence-electron chi connectivity index (χ3n) is 1.72. The molecule has 0 aromatic heterocycles. The molecule has 2 atom stereocenters. The highest BCUT2D eigenvalue weighted by molar-refractivity contribution is 7.84. The molecule has 0 fully saturated rings. The summed E-state index contributed by atoms with van der Waals surface area (Å²) in [5, 5.41) is 14.3. The first-order valence-electron chi connectivity index (χ1n) is 4.56. The minimum absolute atomic E-state index is 0.244. The number of nitrogens with two attached hydrogens (primary N) is 1. The van der Waals surface area contributed by atoms with Crippen LogP contribution in [-0.2, 0) is 10.8 Å². The molecule has 0 aromatic carbocycles. The van der Waals surface area contributed by atoms with Crippen molar-refractivity contribution in [1.82, 2.24) is 5.32 Å². The molecular formula is C8H19N3O2S. The summed E-state index contributed by atoms with van der Waals surface area (Å²) in [7, 11) is -0.762. The Balaban J connectivity index is 3.40. The molecule has 84 valence electrons. The van der Waals surface area contributed by atoms with Crippen LogP contribution >= 0.6 is 0 Å². The first-order valence-corrected chi connectivity index (χ1v) is 6.28. The number of nitrogens with zero attached hydrogens (tertiary/aromatic N) is 1. The topological polar surface area (TPSA) is 87.7 Å². The molecular weight excluding hydrogens is 202 g/mol. The molecule has 0 rings (SSSR count). The van der Waals surface area contributed by atoms with Crippen LogP contribution in [0.4, 0.5) is 0 Å². The zero-order valence-electron chi connectivity index (χ0n) is 8.69.